The molecule has 6 heteroatoms. The van der Waals surface area contributed by atoms with Gasteiger partial charge in [0.15, 0.2) is 11.5 Å². The number of carboxylic acid groups (broad SMARTS) is 1. The van der Waals surface area contributed by atoms with E-state index in [1.54, 1.807) is 16.7 Å². The lowest BCUT2D eigenvalue weighted by molar-refractivity contribution is -0.121. The van der Waals surface area contributed by atoms with E-state index < -0.39 is 6.16 Å². The maximum atomic E-state index is 12.5. The lowest BCUT2D eigenvalue weighted by Gasteiger charge is -2.08. The third-order valence-electron chi connectivity index (χ3n) is 5.44. The van der Waals surface area contributed by atoms with Crippen LogP contribution in [-0.4, -0.2) is 28.2 Å². The third kappa shape index (κ3) is 6.87. The molecule has 0 saturated heterocycles. The summed E-state index contributed by atoms with van der Waals surface area (Å²) in [7, 11) is 0. The summed E-state index contributed by atoms with van der Waals surface area (Å²) < 4.78 is 12.2. The number of carbonyl (C=O) groups excluding carboxylic acids is 1. The van der Waals surface area contributed by atoms with Crippen molar-refractivity contribution in [1.82, 2.24) is 4.57 Å². The van der Waals surface area contributed by atoms with Crippen molar-refractivity contribution in [2.45, 2.75) is 58.4 Å². The summed E-state index contributed by atoms with van der Waals surface area (Å²) in [5.41, 5.74) is 2.01. The molecule has 0 amide bonds. The molecule has 0 fully saturated rings. The van der Waals surface area contributed by atoms with Crippen LogP contribution in [0.3, 0.4) is 0 Å². The van der Waals surface area contributed by atoms with E-state index in [2.05, 4.69) is 19.1 Å². The Bertz CT molecular complexity index is 1020. The van der Waals surface area contributed by atoms with Gasteiger partial charge in [0.2, 0.25) is 0 Å². The Hall–Kier alpha value is -3.28. The zero-order valence-electron chi connectivity index (χ0n) is 18.6. The standard InChI is InChI=1S/C26H31NO5/c1-2-3-4-5-6-7-10-20-13-15-22(16-14-20)31-19-21(28)17-27-18-25(32-26(29)30)23-11-8-9-12-24(23)27/h8-9,11-16,18H,2-7,10,17,19H2,1H3,(H,29,30). The number of aryl methyl sites for hydroxylation is 1. The van der Waals surface area contributed by atoms with Gasteiger partial charge in [0.05, 0.1) is 12.1 Å². The highest BCUT2D eigenvalue weighted by Crippen LogP contribution is 2.28. The summed E-state index contributed by atoms with van der Waals surface area (Å²) >= 11 is 0. The molecule has 0 saturated carbocycles. The second-order valence-corrected chi connectivity index (χ2v) is 8.00. The Balaban J connectivity index is 1.48. The zero-order chi connectivity index (χ0) is 22.8. The molecular weight excluding hydrogens is 406 g/mol. The Kier molecular flexibility index (Phi) is 8.72. The van der Waals surface area contributed by atoms with Crippen LogP contribution in [0.4, 0.5) is 4.79 Å². The van der Waals surface area contributed by atoms with Gasteiger partial charge in [-0.25, -0.2) is 4.79 Å². The van der Waals surface area contributed by atoms with Crippen molar-refractivity contribution in [3.8, 4) is 11.5 Å². The summed E-state index contributed by atoms with van der Waals surface area (Å²) in [6.45, 7) is 2.24. The molecule has 3 aromatic rings. The van der Waals surface area contributed by atoms with Gasteiger partial charge in [-0.3, -0.25) is 4.79 Å². The summed E-state index contributed by atoms with van der Waals surface area (Å²) in [5.74, 6) is 0.754. The number of benzene rings is 2. The summed E-state index contributed by atoms with van der Waals surface area (Å²) in [5, 5.41) is 9.56. The molecular formula is C26H31NO5. The predicted molar refractivity (Wildman–Crippen MR) is 125 cm³/mol. The SMILES string of the molecule is CCCCCCCCc1ccc(OCC(=O)Cn2cc(OC(=O)O)c3ccccc32)cc1. The number of ether oxygens (including phenoxy) is 2. The molecule has 0 bridgehead atoms. The summed E-state index contributed by atoms with van der Waals surface area (Å²) in [6.07, 6.45) is 8.89. The Morgan fingerprint density at radius 2 is 1.66 bits per heavy atom. The van der Waals surface area contributed by atoms with Crippen LogP contribution in [-0.2, 0) is 17.8 Å². The van der Waals surface area contributed by atoms with Crippen LogP contribution in [0.5, 0.6) is 11.5 Å². The van der Waals surface area contributed by atoms with Gasteiger partial charge in [-0.05, 0) is 42.7 Å². The highest BCUT2D eigenvalue weighted by Gasteiger charge is 2.14. The van der Waals surface area contributed by atoms with Crippen molar-refractivity contribution in [2.24, 2.45) is 0 Å². The van der Waals surface area contributed by atoms with E-state index in [4.69, 9.17) is 14.6 Å². The maximum Gasteiger partial charge on any atom is 0.511 e. The van der Waals surface area contributed by atoms with Gasteiger partial charge in [-0.15, -0.1) is 0 Å². The monoisotopic (exact) mass is 437 g/mol. The first-order valence-electron chi connectivity index (χ1n) is 11.3. The highest BCUT2D eigenvalue weighted by atomic mass is 16.7. The van der Waals surface area contributed by atoms with Crippen molar-refractivity contribution >= 4 is 22.8 Å². The second-order valence-electron chi connectivity index (χ2n) is 8.00. The minimum absolute atomic E-state index is 0.0571. The molecule has 0 atom stereocenters. The first kappa shape index (κ1) is 23.4. The normalized spacial score (nSPS) is 10.9. The largest absolute Gasteiger partial charge is 0.511 e. The lowest BCUT2D eigenvalue weighted by atomic mass is 10.0. The van der Waals surface area contributed by atoms with Crippen LogP contribution in [0.1, 0.15) is 51.0 Å². The van der Waals surface area contributed by atoms with Crippen molar-refractivity contribution < 1.29 is 24.2 Å². The Morgan fingerprint density at radius 1 is 0.938 bits per heavy atom. The van der Waals surface area contributed by atoms with Crippen LogP contribution in [0, 0.1) is 0 Å². The zero-order valence-corrected chi connectivity index (χ0v) is 18.6. The molecule has 0 radical (unpaired) electrons. The molecule has 0 aliphatic carbocycles. The number of Topliss-reactive ketones (excluding diaryl/α,β-unsaturated/α-hetero) is 1. The molecule has 1 aromatic heterocycles. The van der Waals surface area contributed by atoms with E-state index >= 15 is 0 Å². The van der Waals surface area contributed by atoms with Gasteiger partial charge in [0, 0.05) is 11.6 Å². The maximum absolute atomic E-state index is 12.5. The minimum Gasteiger partial charge on any atom is -0.486 e. The van der Waals surface area contributed by atoms with Gasteiger partial charge in [-0.1, -0.05) is 63.3 Å². The molecule has 1 heterocycles. The van der Waals surface area contributed by atoms with Gasteiger partial charge in [-0.2, -0.15) is 0 Å². The average Bonchev–Trinajstić information content (AvgIpc) is 3.12. The molecule has 1 N–H and O–H groups in total. The highest BCUT2D eigenvalue weighted by molar-refractivity contribution is 5.90. The molecule has 32 heavy (non-hydrogen) atoms. The average molecular weight is 438 g/mol. The number of hydrogen-bond acceptors (Lipinski definition) is 4. The Labute approximate surface area is 188 Å². The number of carbonyl (C=O) groups is 2. The molecule has 0 spiro atoms. The van der Waals surface area contributed by atoms with Gasteiger partial charge in [0.1, 0.15) is 12.4 Å². The first-order valence-corrected chi connectivity index (χ1v) is 11.3. The van der Waals surface area contributed by atoms with E-state index in [0.29, 0.717) is 11.1 Å². The molecule has 0 unspecified atom stereocenters. The first-order chi connectivity index (χ1) is 15.6. The molecule has 0 aliphatic heterocycles. The van der Waals surface area contributed by atoms with Crippen LogP contribution in [0.25, 0.3) is 10.9 Å². The van der Waals surface area contributed by atoms with Crippen LogP contribution in [0.15, 0.2) is 54.7 Å². The van der Waals surface area contributed by atoms with Crippen molar-refractivity contribution in [1.29, 1.82) is 0 Å². The van der Waals surface area contributed by atoms with E-state index in [1.807, 2.05) is 24.3 Å². The molecule has 6 nitrogen and oxygen atoms in total. The number of rotatable bonds is 13. The summed E-state index contributed by atoms with van der Waals surface area (Å²) in [6, 6.07) is 15.1. The topological polar surface area (TPSA) is 77.8 Å². The van der Waals surface area contributed by atoms with Crippen molar-refractivity contribution in [3.05, 3.63) is 60.3 Å². The van der Waals surface area contributed by atoms with E-state index in [0.717, 1.165) is 11.9 Å². The predicted octanol–water partition coefficient (Wildman–Crippen LogP) is 6.25. The second kappa shape index (κ2) is 11.9. The number of nitrogens with zero attached hydrogens (tertiary/aromatic N) is 1. The number of fused-ring (bicyclic) bond motifs is 1. The quantitative estimate of drug-likeness (QED) is 0.253. The van der Waals surface area contributed by atoms with Gasteiger partial charge >= 0.3 is 6.16 Å². The van der Waals surface area contributed by atoms with Crippen LogP contribution >= 0.6 is 0 Å². The van der Waals surface area contributed by atoms with Crippen molar-refractivity contribution in [3.63, 3.8) is 0 Å². The van der Waals surface area contributed by atoms with E-state index in [9.17, 15) is 9.59 Å². The van der Waals surface area contributed by atoms with E-state index in [1.165, 1.54) is 50.3 Å². The fraction of sp³-hybridized carbons (Fsp3) is 0.385. The van der Waals surface area contributed by atoms with Crippen molar-refractivity contribution in [2.75, 3.05) is 6.61 Å². The number of para-hydroxylation sites is 1. The number of hydrogen-bond donors (Lipinski definition) is 1. The van der Waals surface area contributed by atoms with E-state index in [-0.39, 0.29) is 24.7 Å². The number of aromatic nitrogens is 1. The summed E-state index contributed by atoms with van der Waals surface area (Å²) in [4.78, 5) is 23.4. The fourth-order valence-electron chi connectivity index (χ4n) is 3.78. The smallest absolute Gasteiger partial charge is 0.486 e. The molecule has 0 aliphatic rings. The Morgan fingerprint density at radius 3 is 2.41 bits per heavy atom. The molecule has 170 valence electrons. The number of unbranched alkanes of at least 4 members (excludes halogenated alkanes) is 5. The third-order valence-corrected chi connectivity index (χ3v) is 5.44. The molecule has 2 aromatic carbocycles. The van der Waals surface area contributed by atoms with Gasteiger partial charge in [0.25, 0.3) is 0 Å². The number of ketones is 1. The van der Waals surface area contributed by atoms with Crippen LogP contribution < -0.4 is 9.47 Å². The van der Waals surface area contributed by atoms with Crippen LogP contribution in [0.2, 0.25) is 0 Å². The minimum atomic E-state index is -1.39. The lowest BCUT2D eigenvalue weighted by Crippen LogP contribution is -2.17. The fourth-order valence-corrected chi connectivity index (χ4v) is 3.78. The molecule has 3 rings (SSSR count). The van der Waals surface area contributed by atoms with Gasteiger partial charge < -0.3 is 19.1 Å².